The number of fused-ring (bicyclic) bond motifs is 1. The van der Waals surface area contributed by atoms with Crippen molar-refractivity contribution in [2.24, 2.45) is 0 Å². The molecule has 1 fully saturated rings. The Morgan fingerprint density at radius 1 is 1.03 bits per heavy atom. The summed E-state index contributed by atoms with van der Waals surface area (Å²) < 4.78 is 0.723. The Morgan fingerprint density at radius 3 is 2.46 bits per heavy atom. The van der Waals surface area contributed by atoms with E-state index in [4.69, 9.17) is 11.6 Å². The monoisotopic (exact) mass is 580 g/mol. The lowest BCUT2D eigenvalue weighted by molar-refractivity contribution is 0.0954. The molecule has 0 radical (unpaired) electrons. The number of carbonyl (C=O) groups excluding carboxylic acids is 2. The van der Waals surface area contributed by atoms with Crippen molar-refractivity contribution in [3.05, 3.63) is 75.6 Å². The first kappa shape index (κ1) is 28.7. The van der Waals surface area contributed by atoms with Crippen LogP contribution in [0.2, 0.25) is 5.02 Å². The number of thiophene rings is 1. The number of anilines is 2. The first-order chi connectivity index (χ1) is 17.0. The molecule has 1 aliphatic heterocycles. The third-order valence-corrected chi connectivity index (χ3v) is 7.41. The maximum atomic E-state index is 12.8. The molecule has 3 N–H and O–H groups in total. The van der Waals surface area contributed by atoms with Gasteiger partial charge in [-0.25, -0.2) is 0 Å². The molecule has 0 unspecified atom stereocenters. The van der Waals surface area contributed by atoms with E-state index in [1.54, 1.807) is 12.1 Å². The van der Waals surface area contributed by atoms with Gasteiger partial charge in [0.1, 0.15) is 0 Å². The molecule has 2 aromatic heterocycles. The maximum Gasteiger partial charge on any atom is 0.261 e. The molecular formula is C25H27Cl3N6O2S. The van der Waals surface area contributed by atoms with Crippen molar-refractivity contribution in [2.45, 2.75) is 6.54 Å². The van der Waals surface area contributed by atoms with E-state index in [0.717, 1.165) is 42.1 Å². The SMILES string of the molecule is CN1CCN(c2ccc(C(=O)Nc3n[nH]c4cc(C(=O)NCc5cccc(Cl)c5)sc34)cc2)CC1.Cl.Cl. The summed E-state index contributed by atoms with van der Waals surface area (Å²) in [5.41, 5.74) is 3.28. The topological polar surface area (TPSA) is 93.4 Å². The normalized spacial score (nSPS) is 13.5. The Bertz CT molecular complexity index is 1370. The van der Waals surface area contributed by atoms with Crippen molar-refractivity contribution in [1.29, 1.82) is 0 Å². The Hall–Kier alpha value is -2.82. The molecule has 8 nitrogen and oxygen atoms in total. The Kier molecular flexibility index (Phi) is 9.80. The van der Waals surface area contributed by atoms with E-state index in [1.807, 2.05) is 42.5 Å². The van der Waals surface area contributed by atoms with Crippen molar-refractivity contribution in [3.8, 4) is 0 Å². The highest BCUT2D eigenvalue weighted by molar-refractivity contribution is 7.21. The molecule has 2 aromatic carbocycles. The van der Waals surface area contributed by atoms with Crippen LogP contribution in [0.4, 0.5) is 11.5 Å². The summed E-state index contributed by atoms with van der Waals surface area (Å²) in [5.74, 6) is -0.0351. The lowest BCUT2D eigenvalue weighted by Crippen LogP contribution is -2.44. The number of benzene rings is 2. The van der Waals surface area contributed by atoms with Gasteiger partial charge in [-0.05, 0) is 55.1 Å². The number of carbonyl (C=O) groups is 2. The number of aromatic nitrogens is 2. The van der Waals surface area contributed by atoms with Gasteiger partial charge in [0, 0.05) is 49.0 Å². The van der Waals surface area contributed by atoms with Gasteiger partial charge >= 0.3 is 0 Å². The Balaban J connectivity index is 0.00000190. The number of hydrogen-bond acceptors (Lipinski definition) is 6. The van der Waals surface area contributed by atoms with Gasteiger partial charge in [0.2, 0.25) is 0 Å². The van der Waals surface area contributed by atoms with Gasteiger partial charge in [-0.2, -0.15) is 5.10 Å². The number of nitrogens with one attached hydrogen (secondary N) is 3. The second-order valence-electron chi connectivity index (χ2n) is 8.53. The highest BCUT2D eigenvalue weighted by atomic mass is 35.5. The third kappa shape index (κ3) is 6.74. The van der Waals surface area contributed by atoms with Crippen molar-refractivity contribution in [2.75, 3.05) is 43.4 Å². The number of halogens is 3. The van der Waals surface area contributed by atoms with E-state index in [2.05, 4.69) is 37.7 Å². The van der Waals surface area contributed by atoms with Gasteiger partial charge in [-0.15, -0.1) is 36.2 Å². The Labute approximate surface area is 236 Å². The van der Waals surface area contributed by atoms with Gasteiger partial charge in [0.25, 0.3) is 11.8 Å². The van der Waals surface area contributed by atoms with E-state index in [0.29, 0.717) is 33.3 Å². The van der Waals surface area contributed by atoms with Crippen LogP contribution in [0.3, 0.4) is 0 Å². The maximum absolute atomic E-state index is 12.8. The second kappa shape index (κ2) is 12.6. The molecule has 0 aliphatic carbocycles. The molecule has 0 bridgehead atoms. The van der Waals surface area contributed by atoms with E-state index >= 15 is 0 Å². The summed E-state index contributed by atoms with van der Waals surface area (Å²) >= 11 is 7.29. The van der Waals surface area contributed by atoms with Crippen LogP contribution in [0.5, 0.6) is 0 Å². The number of H-pyrrole nitrogens is 1. The quantitative estimate of drug-likeness (QED) is 0.296. The molecule has 1 aliphatic rings. The minimum absolute atomic E-state index is 0. The average Bonchev–Trinajstić information content (AvgIpc) is 3.45. The lowest BCUT2D eigenvalue weighted by Gasteiger charge is -2.34. The predicted octanol–water partition coefficient (Wildman–Crippen LogP) is 5.06. The molecule has 3 heterocycles. The zero-order valence-electron chi connectivity index (χ0n) is 20.0. The highest BCUT2D eigenvalue weighted by Gasteiger charge is 2.18. The predicted molar refractivity (Wildman–Crippen MR) is 155 cm³/mol. The van der Waals surface area contributed by atoms with Gasteiger partial charge in [0.05, 0.1) is 15.1 Å². The fourth-order valence-electron chi connectivity index (χ4n) is 4.00. The van der Waals surface area contributed by atoms with Crippen molar-refractivity contribution < 1.29 is 9.59 Å². The second-order valence-corrected chi connectivity index (χ2v) is 10.0. The molecular weight excluding hydrogens is 555 g/mol. The van der Waals surface area contributed by atoms with Crippen LogP contribution in [0, 0.1) is 0 Å². The number of amides is 2. The minimum Gasteiger partial charge on any atom is -0.369 e. The summed E-state index contributed by atoms with van der Waals surface area (Å²) in [5, 5.41) is 13.5. The van der Waals surface area contributed by atoms with E-state index in [-0.39, 0.29) is 36.6 Å². The van der Waals surface area contributed by atoms with Crippen LogP contribution >= 0.6 is 47.8 Å². The highest BCUT2D eigenvalue weighted by Crippen LogP contribution is 2.30. The fourth-order valence-corrected chi connectivity index (χ4v) is 5.18. The van der Waals surface area contributed by atoms with Crippen LogP contribution in [-0.4, -0.2) is 60.1 Å². The van der Waals surface area contributed by atoms with Crippen LogP contribution < -0.4 is 15.5 Å². The first-order valence-corrected chi connectivity index (χ1v) is 12.5. The number of likely N-dealkylation sites (N-methyl/N-ethyl adjacent to an activating group) is 1. The molecule has 0 spiro atoms. The molecule has 4 aromatic rings. The number of hydrogen-bond donors (Lipinski definition) is 3. The molecule has 12 heteroatoms. The average molecular weight is 582 g/mol. The van der Waals surface area contributed by atoms with E-state index < -0.39 is 0 Å². The van der Waals surface area contributed by atoms with Crippen molar-refractivity contribution in [1.82, 2.24) is 20.4 Å². The summed E-state index contributed by atoms with van der Waals surface area (Å²) in [7, 11) is 2.13. The molecule has 196 valence electrons. The van der Waals surface area contributed by atoms with E-state index in [1.165, 1.54) is 11.3 Å². The summed E-state index contributed by atoms with van der Waals surface area (Å²) in [6.45, 7) is 4.37. The van der Waals surface area contributed by atoms with Gasteiger partial charge in [-0.1, -0.05) is 23.7 Å². The molecule has 1 saturated heterocycles. The zero-order chi connectivity index (χ0) is 24.4. The Morgan fingerprint density at radius 2 is 1.76 bits per heavy atom. The molecule has 37 heavy (non-hydrogen) atoms. The van der Waals surface area contributed by atoms with Gasteiger partial charge in [0.15, 0.2) is 5.82 Å². The summed E-state index contributed by atoms with van der Waals surface area (Å²) in [4.78, 5) is 30.6. The fraction of sp³-hybridized carbons (Fsp3) is 0.240. The number of nitrogens with zero attached hydrogens (tertiary/aromatic N) is 3. The largest absolute Gasteiger partial charge is 0.369 e. The van der Waals surface area contributed by atoms with Gasteiger partial charge in [-0.3, -0.25) is 14.7 Å². The van der Waals surface area contributed by atoms with Crippen LogP contribution in [0.15, 0.2) is 54.6 Å². The number of piperazine rings is 1. The summed E-state index contributed by atoms with van der Waals surface area (Å²) in [6, 6.07) is 16.7. The lowest BCUT2D eigenvalue weighted by atomic mass is 10.1. The van der Waals surface area contributed by atoms with Crippen LogP contribution in [0.1, 0.15) is 25.6 Å². The minimum atomic E-state index is -0.247. The summed E-state index contributed by atoms with van der Waals surface area (Å²) in [6.07, 6.45) is 0. The van der Waals surface area contributed by atoms with Crippen molar-refractivity contribution in [3.63, 3.8) is 0 Å². The standard InChI is InChI=1S/C25H25ClN6O2S.2ClH/c1-31-9-11-32(12-10-31)19-7-5-17(6-8-19)24(33)28-23-22-20(29-30-23)14-21(35-22)25(34)27-15-16-3-2-4-18(26)13-16;;/h2-8,13-14H,9-12,15H2,1H3,(H,27,34)(H2,28,29,30,33);2*1H. The third-order valence-electron chi connectivity index (χ3n) is 6.03. The first-order valence-electron chi connectivity index (χ1n) is 11.3. The molecule has 0 atom stereocenters. The van der Waals surface area contributed by atoms with Gasteiger partial charge < -0.3 is 20.4 Å². The van der Waals surface area contributed by atoms with E-state index in [9.17, 15) is 9.59 Å². The van der Waals surface area contributed by atoms with Crippen LogP contribution in [-0.2, 0) is 6.54 Å². The smallest absolute Gasteiger partial charge is 0.261 e. The zero-order valence-corrected chi connectivity index (χ0v) is 23.2. The number of aromatic amines is 1. The molecule has 5 rings (SSSR count). The van der Waals surface area contributed by atoms with Crippen LogP contribution in [0.25, 0.3) is 10.2 Å². The number of rotatable bonds is 6. The molecule has 2 amide bonds. The molecule has 0 saturated carbocycles. The van der Waals surface area contributed by atoms with Crippen molar-refractivity contribution >= 4 is 81.3 Å².